The summed E-state index contributed by atoms with van der Waals surface area (Å²) in [7, 11) is 4.32. The van der Waals surface area contributed by atoms with Gasteiger partial charge in [0.2, 0.25) is 0 Å². The number of rotatable bonds is 4. The second-order valence-corrected chi connectivity index (χ2v) is 6.12. The third kappa shape index (κ3) is 2.64. The molecule has 0 N–H and O–H groups in total. The van der Waals surface area contributed by atoms with Crippen LogP contribution in [0, 0.1) is 0 Å². The Bertz CT molecular complexity index is 559. The van der Waals surface area contributed by atoms with E-state index in [0.717, 1.165) is 0 Å². The Hall–Kier alpha value is -1.60. The van der Waals surface area contributed by atoms with Crippen molar-refractivity contribution in [3.8, 4) is 0 Å². The molecule has 1 nitrogen and oxygen atoms in total. The van der Waals surface area contributed by atoms with Crippen LogP contribution in [0.25, 0.3) is 0 Å². The summed E-state index contributed by atoms with van der Waals surface area (Å²) in [5.41, 5.74) is 4.58. The third-order valence-electron chi connectivity index (χ3n) is 4.46. The molecule has 0 heterocycles. The summed E-state index contributed by atoms with van der Waals surface area (Å²) in [5, 5.41) is 0. The molecular formula is C19H23N. The lowest BCUT2D eigenvalue weighted by molar-refractivity contribution is 0.378. The van der Waals surface area contributed by atoms with Gasteiger partial charge in [0.1, 0.15) is 0 Å². The van der Waals surface area contributed by atoms with E-state index < -0.39 is 0 Å². The number of fused-ring (bicyclic) bond motifs is 1. The highest BCUT2D eigenvalue weighted by Gasteiger charge is 2.31. The first-order valence-electron chi connectivity index (χ1n) is 7.54. The summed E-state index contributed by atoms with van der Waals surface area (Å²) < 4.78 is 0. The predicted molar refractivity (Wildman–Crippen MR) is 85.3 cm³/mol. The molecule has 1 aliphatic rings. The summed E-state index contributed by atoms with van der Waals surface area (Å²) in [6.45, 7) is 1.17. The van der Waals surface area contributed by atoms with E-state index in [1.165, 1.54) is 24.9 Å². The Morgan fingerprint density at radius 1 is 0.900 bits per heavy atom. The van der Waals surface area contributed by atoms with E-state index in [1.807, 2.05) is 0 Å². The van der Waals surface area contributed by atoms with Gasteiger partial charge in [0.05, 0.1) is 0 Å². The van der Waals surface area contributed by atoms with E-state index >= 15 is 0 Å². The standard InChI is InChI=1S/C19H23N/c1-20(2)13-12-16-14-19(15-8-4-3-5-9-15)18-11-7-6-10-17(16)18/h3-11,16,19H,12-14H2,1-2H3/t16-,19+/m1/s1. The molecule has 0 aliphatic heterocycles. The van der Waals surface area contributed by atoms with Crippen molar-refractivity contribution in [1.29, 1.82) is 0 Å². The molecule has 104 valence electrons. The van der Waals surface area contributed by atoms with Gasteiger partial charge in [-0.05, 0) is 56.1 Å². The molecule has 0 aromatic heterocycles. The lowest BCUT2D eigenvalue weighted by atomic mass is 9.92. The van der Waals surface area contributed by atoms with Gasteiger partial charge in [-0.3, -0.25) is 0 Å². The predicted octanol–water partition coefficient (Wildman–Crippen LogP) is 4.26. The second-order valence-electron chi connectivity index (χ2n) is 6.12. The van der Waals surface area contributed by atoms with Crippen LogP contribution in [0.3, 0.4) is 0 Å². The van der Waals surface area contributed by atoms with Gasteiger partial charge >= 0.3 is 0 Å². The molecule has 0 amide bonds. The van der Waals surface area contributed by atoms with Crippen LogP contribution in [0.1, 0.15) is 41.4 Å². The lowest BCUT2D eigenvalue weighted by Gasteiger charge is -2.15. The molecular weight excluding hydrogens is 242 g/mol. The molecule has 2 aromatic rings. The van der Waals surface area contributed by atoms with Crippen LogP contribution in [0.5, 0.6) is 0 Å². The van der Waals surface area contributed by atoms with E-state index in [4.69, 9.17) is 0 Å². The molecule has 2 atom stereocenters. The molecule has 0 saturated carbocycles. The van der Waals surface area contributed by atoms with E-state index in [1.54, 1.807) is 11.1 Å². The fourth-order valence-corrected chi connectivity index (χ4v) is 3.43. The molecule has 0 radical (unpaired) electrons. The van der Waals surface area contributed by atoms with Crippen molar-refractivity contribution in [2.75, 3.05) is 20.6 Å². The number of hydrogen-bond acceptors (Lipinski definition) is 1. The molecule has 1 aliphatic carbocycles. The highest BCUT2D eigenvalue weighted by molar-refractivity contribution is 5.44. The summed E-state index contributed by atoms with van der Waals surface area (Å²) in [6, 6.07) is 20.0. The van der Waals surface area contributed by atoms with Crippen molar-refractivity contribution in [1.82, 2.24) is 4.90 Å². The van der Waals surface area contributed by atoms with Crippen molar-refractivity contribution in [2.45, 2.75) is 24.7 Å². The Morgan fingerprint density at radius 2 is 1.55 bits per heavy atom. The summed E-state index contributed by atoms with van der Waals surface area (Å²) in [5.74, 6) is 1.29. The van der Waals surface area contributed by atoms with E-state index in [-0.39, 0.29) is 0 Å². The van der Waals surface area contributed by atoms with Crippen LogP contribution in [-0.4, -0.2) is 25.5 Å². The van der Waals surface area contributed by atoms with Gasteiger partial charge in [0.15, 0.2) is 0 Å². The van der Waals surface area contributed by atoms with Gasteiger partial charge in [-0.25, -0.2) is 0 Å². The molecule has 20 heavy (non-hydrogen) atoms. The van der Waals surface area contributed by atoms with Gasteiger partial charge in [-0.2, -0.15) is 0 Å². The minimum atomic E-state index is 0.583. The van der Waals surface area contributed by atoms with Gasteiger partial charge in [0.25, 0.3) is 0 Å². The van der Waals surface area contributed by atoms with Crippen molar-refractivity contribution in [2.24, 2.45) is 0 Å². The third-order valence-corrected chi connectivity index (χ3v) is 4.46. The van der Waals surface area contributed by atoms with Crippen molar-refractivity contribution in [3.63, 3.8) is 0 Å². The first kappa shape index (κ1) is 13.4. The molecule has 0 unspecified atom stereocenters. The van der Waals surface area contributed by atoms with E-state index in [9.17, 15) is 0 Å². The van der Waals surface area contributed by atoms with E-state index in [2.05, 4.69) is 73.6 Å². The molecule has 0 bridgehead atoms. The molecule has 0 spiro atoms. The lowest BCUT2D eigenvalue weighted by Crippen LogP contribution is -2.15. The zero-order valence-corrected chi connectivity index (χ0v) is 12.4. The topological polar surface area (TPSA) is 3.24 Å². The van der Waals surface area contributed by atoms with Gasteiger partial charge < -0.3 is 4.90 Å². The van der Waals surface area contributed by atoms with Crippen LogP contribution < -0.4 is 0 Å². The van der Waals surface area contributed by atoms with Crippen molar-refractivity contribution >= 4 is 0 Å². The Kier molecular flexibility index (Phi) is 3.88. The van der Waals surface area contributed by atoms with Crippen molar-refractivity contribution < 1.29 is 0 Å². The van der Waals surface area contributed by atoms with E-state index in [0.29, 0.717) is 11.8 Å². The summed E-state index contributed by atoms with van der Waals surface area (Å²) in [4.78, 5) is 2.29. The van der Waals surface area contributed by atoms with Crippen LogP contribution in [0.4, 0.5) is 0 Å². The molecule has 0 fully saturated rings. The highest BCUT2D eigenvalue weighted by atomic mass is 15.0. The van der Waals surface area contributed by atoms with Gasteiger partial charge in [-0.15, -0.1) is 0 Å². The minimum Gasteiger partial charge on any atom is -0.309 e. The van der Waals surface area contributed by atoms with Gasteiger partial charge in [-0.1, -0.05) is 54.6 Å². The van der Waals surface area contributed by atoms with Crippen LogP contribution in [-0.2, 0) is 0 Å². The largest absolute Gasteiger partial charge is 0.309 e. The minimum absolute atomic E-state index is 0.583. The Balaban J connectivity index is 1.88. The van der Waals surface area contributed by atoms with Crippen LogP contribution in [0.2, 0.25) is 0 Å². The SMILES string of the molecule is CN(C)CC[C@@H]1C[C@@H](c2ccccc2)c2ccccc21. The molecule has 2 aromatic carbocycles. The molecule has 0 saturated heterocycles. The molecule has 1 heteroatoms. The Labute approximate surface area is 122 Å². The Morgan fingerprint density at radius 3 is 2.25 bits per heavy atom. The average Bonchev–Trinajstić information content (AvgIpc) is 2.85. The zero-order chi connectivity index (χ0) is 13.9. The maximum absolute atomic E-state index is 2.33. The van der Waals surface area contributed by atoms with Crippen LogP contribution in [0.15, 0.2) is 54.6 Å². The first-order chi connectivity index (χ1) is 9.75. The second kappa shape index (κ2) is 5.80. The monoisotopic (exact) mass is 265 g/mol. The molecule has 3 rings (SSSR count). The quantitative estimate of drug-likeness (QED) is 0.798. The van der Waals surface area contributed by atoms with Crippen molar-refractivity contribution in [3.05, 3.63) is 71.3 Å². The number of nitrogens with zero attached hydrogens (tertiary/aromatic N) is 1. The number of benzene rings is 2. The fourth-order valence-electron chi connectivity index (χ4n) is 3.43. The number of hydrogen-bond donors (Lipinski definition) is 0. The highest BCUT2D eigenvalue weighted by Crippen LogP contribution is 2.46. The summed E-state index contributed by atoms with van der Waals surface area (Å²) in [6.07, 6.45) is 2.52. The zero-order valence-electron chi connectivity index (χ0n) is 12.4. The summed E-state index contributed by atoms with van der Waals surface area (Å²) >= 11 is 0. The smallest absolute Gasteiger partial charge is 0.00979 e. The first-order valence-corrected chi connectivity index (χ1v) is 7.54. The average molecular weight is 265 g/mol. The van der Waals surface area contributed by atoms with Crippen LogP contribution >= 0.6 is 0 Å². The normalized spacial score (nSPS) is 21.1. The maximum Gasteiger partial charge on any atom is 0.00979 e. The fraction of sp³-hybridized carbons (Fsp3) is 0.368. The maximum atomic E-state index is 2.33. The van der Waals surface area contributed by atoms with Gasteiger partial charge in [0, 0.05) is 5.92 Å².